The average molecular weight is 292 g/mol. The molecule has 0 aliphatic rings. The number of carbonyl (C=O) groups excluding carboxylic acids is 1. The van der Waals surface area contributed by atoms with Crippen LogP contribution in [-0.4, -0.2) is 15.8 Å². The average Bonchev–Trinajstić information content (AvgIpc) is 2.40. The number of rotatable bonds is 3. The highest BCUT2D eigenvalue weighted by molar-refractivity contribution is 6.33. The van der Waals surface area contributed by atoms with Crippen LogP contribution in [0.15, 0.2) is 36.5 Å². The molecule has 1 heterocycles. The monoisotopic (exact) mass is 291 g/mol. The molecule has 0 atom stereocenters. The van der Waals surface area contributed by atoms with Crippen LogP contribution in [0, 0.1) is 17.0 Å². The first kappa shape index (κ1) is 14.0. The molecule has 1 N–H and O–H groups in total. The standard InChI is InChI=1S/C13H10ClN3O3/c1-8-2-4-10(7-15-8)16-13(18)9-3-5-12(17(19)20)11(14)6-9/h2-7H,1H3,(H,16,18). The lowest BCUT2D eigenvalue weighted by atomic mass is 10.2. The summed E-state index contributed by atoms with van der Waals surface area (Å²) in [6.07, 6.45) is 1.53. The van der Waals surface area contributed by atoms with Gasteiger partial charge in [0, 0.05) is 17.3 Å². The van der Waals surface area contributed by atoms with Gasteiger partial charge in [0.15, 0.2) is 0 Å². The van der Waals surface area contributed by atoms with Gasteiger partial charge < -0.3 is 5.32 Å². The fourth-order valence-electron chi connectivity index (χ4n) is 1.54. The lowest BCUT2D eigenvalue weighted by molar-refractivity contribution is -0.384. The zero-order chi connectivity index (χ0) is 14.7. The van der Waals surface area contributed by atoms with Crippen molar-refractivity contribution in [3.05, 3.63) is 62.9 Å². The molecule has 0 aliphatic carbocycles. The van der Waals surface area contributed by atoms with Crippen LogP contribution in [0.4, 0.5) is 11.4 Å². The molecule has 0 aliphatic heterocycles. The van der Waals surface area contributed by atoms with E-state index < -0.39 is 10.8 Å². The van der Waals surface area contributed by atoms with Crippen LogP contribution in [-0.2, 0) is 0 Å². The number of benzene rings is 1. The highest BCUT2D eigenvalue weighted by Crippen LogP contribution is 2.25. The van der Waals surface area contributed by atoms with Crippen LogP contribution >= 0.6 is 11.6 Å². The van der Waals surface area contributed by atoms with Crippen LogP contribution in [0.3, 0.4) is 0 Å². The molecule has 0 spiro atoms. The van der Waals surface area contributed by atoms with Crippen molar-refractivity contribution in [1.29, 1.82) is 0 Å². The van der Waals surface area contributed by atoms with Gasteiger partial charge in [0.1, 0.15) is 5.02 Å². The topological polar surface area (TPSA) is 85.1 Å². The highest BCUT2D eigenvalue weighted by Gasteiger charge is 2.15. The van der Waals surface area contributed by atoms with Crippen molar-refractivity contribution < 1.29 is 9.72 Å². The quantitative estimate of drug-likeness (QED) is 0.695. The number of anilines is 1. The van der Waals surface area contributed by atoms with Crippen LogP contribution in [0.25, 0.3) is 0 Å². The second-order valence-corrected chi connectivity index (χ2v) is 4.47. The van der Waals surface area contributed by atoms with Gasteiger partial charge in [0.05, 0.1) is 16.8 Å². The van der Waals surface area contributed by atoms with E-state index in [1.807, 2.05) is 6.92 Å². The predicted octanol–water partition coefficient (Wildman–Crippen LogP) is 3.20. The Morgan fingerprint density at radius 2 is 2.10 bits per heavy atom. The molecule has 2 rings (SSSR count). The molecular weight excluding hydrogens is 282 g/mol. The van der Waals surface area contributed by atoms with E-state index in [9.17, 15) is 14.9 Å². The molecule has 20 heavy (non-hydrogen) atoms. The number of nitrogens with one attached hydrogen (secondary N) is 1. The van der Waals surface area contributed by atoms with Crippen molar-refractivity contribution in [1.82, 2.24) is 4.98 Å². The Labute approximate surface area is 119 Å². The van der Waals surface area contributed by atoms with Gasteiger partial charge in [0.2, 0.25) is 0 Å². The number of aromatic nitrogens is 1. The predicted molar refractivity (Wildman–Crippen MR) is 75.0 cm³/mol. The fourth-order valence-corrected chi connectivity index (χ4v) is 1.79. The Morgan fingerprint density at radius 1 is 1.35 bits per heavy atom. The molecule has 0 bridgehead atoms. The molecule has 0 radical (unpaired) electrons. The first-order chi connectivity index (χ1) is 9.47. The van der Waals surface area contributed by atoms with Crippen LogP contribution in [0.1, 0.15) is 16.1 Å². The molecule has 1 aromatic carbocycles. The van der Waals surface area contributed by atoms with Crippen molar-refractivity contribution in [2.75, 3.05) is 5.32 Å². The summed E-state index contributed by atoms with van der Waals surface area (Å²) < 4.78 is 0. The largest absolute Gasteiger partial charge is 0.321 e. The van der Waals surface area contributed by atoms with E-state index in [0.29, 0.717) is 5.69 Å². The van der Waals surface area contributed by atoms with E-state index in [4.69, 9.17) is 11.6 Å². The van der Waals surface area contributed by atoms with E-state index in [2.05, 4.69) is 10.3 Å². The van der Waals surface area contributed by atoms with Gasteiger partial charge in [-0.1, -0.05) is 11.6 Å². The summed E-state index contributed by atoms with van der Waals surface area (Å²) in [5, 5.41) is 13.2. The summed E-state index contributed by atoms with van der Waals surface area (Å²) in [4.78, 5) is 26.1. The van der Waals surface area contributed by atoms with Crippen molar-refractivity contribution in [3.63, 3.8) is 0 Å². The number of pyridine rings is 1. The number of halogens is 1. The Morgan fingerprint density at radius 3 is 2.65 bits per heavy atom. The third-order valence-electron chi connectivity index (χ3n) is 2.58. The smallest absolute Gasteiger partial charge is 0.287 e. The van der Waals surface area contributed by atoms with Crippen molar-refractivity contribution in [2.24, 2.45) is 0 Å². The van der Waals surface area contributed by atoms with Gasteiger partial charge in [-0.3, -0.25) is 19.9 Å². The molecular formula is C13H10ClN3O3. The molecule has 1 aromatic heterocycles. The zero-order valence-electron chi connectivity index (χ0n) is 10.5. The minimum Gasteiger partial charge on any atom is -0.321 e. The third kappa shape index (κ3) is 3.10. The normalized spacial score (nSPS) is 10.1. The summed E-state index contributed by atoms with van der Waals surface area (Å²) in [7, 11) is 0. The van der Waals surface area contributed by atoms with Crippen molar-refractivity contribution >= 4 is 28.9 Å². The van der Waals surface area contributed by atoms with Gasteiger partial charge in [-0.25, -0.2) is 0 Å². The molecule has 6 nitrogen and oxygen atoms in total. The highest BCUT2D eigenvalue weighted by atomic mass is 35.5. The van der Waals surface area contributed by atoms with E-state index in [0.717, 1.165) is 5.69 Å². The number of hydrogen-bond donors (Lipinski definition) is 1. The number of nitro groups is 1. The third-order valence-corrected chi connectivity index (χ3v) is 2.88. The summed E-state index contributed by atoms with van der Waals surface area (Å²) >= 11 is 5.76. The molecule has 1 amide bonds. The molecule has 102 valence electrons. The second kappa shape index (κ2) is 5.66. The molecule has 2 aromatic rings. The Hall–Kier alpha value is -2.47. The minimum absolute atomic E-state index is 0.0790. The first-order valence-corrected chi connectivity index (χ1v) is 6.03. The molecule has 0 unspecified atom stereocenters. The van der Waals surface area contributed by atoms with Crippen molar-refractivity contribution in [2.45, 2.75) is 6.92 Å². The van der Waals surface area contributed by atoms with E-state index in [1.165, 1.54) is 24.4 Å². The maximum atomic E-state index is 12.0. The Bertz CT molecular complexity index is 671. The lowest BCUT2D eigenvalue weighted by Gasteiger charge is -2.05. The number of carbonyl (C=O) groups is 1. The maximum absolute atomic E-state index is 12.0. The molecule has 0 saturated carbocycles. The summed E-state index contributed by atoms with van der Waals surface area (Å²) in [6.45, 7) is 1.84. The first-order valence-electron chi connectivity index (χ1n) is 5.65. The summed E-state index contributed by atoms with van der Waals surface area (Å²) in [5.74, 6) is -0.410. The number of amides is 1. The zero-order valence-corrected chi connectivity index (χ0v) is 11.2. The second-order valence-electron chi connectivity index (χ2n) is 4.07. The summed E-state index contributed by atoms with van der Waals surface area (Å²) in [5.41, 5.74) is 1.37. The maximum Gasteiger partial charge on any atom is 0.287 e. The molecule has 0 fully saturated rings. The summed E-state index contributed by atoms with van der Waals surface area (Å²) in [6, 6.07) is 7.29. The number of nitrogens with zero attached hydrogens (tertiary/aromatic N) is 2. The Kier molecular flexibility index (Phi) is 3.95. The van der Waals surface area contributed by atoms with Gasteiger partial charge in [-0.15, -0.1) is 0 Å². The van der Waals surface area contributed by atoms with Gasteiger partial charge in [-0.2, -0.15) is 0 Å². The van der Waals surface area contributed by atoms with E-state index >= 15 is 0 Å². The fraction of sp³-hybridized carbons (Fsp3) is 0.0769. The van der Waals surface area contributed by atoms with Crippen LogP contribution in [0.5, 0.6) is 0 Å². The van der Waals surface area contributed by atoms with Crippen molar-refractivity contribution in [3.8, 4) is 0 Å². The Balaban J connectivity index is 2.19. The minimum atomic E-state index is -0.603. The van der Waals surface area contributed by atoms with Crippen LogP contribution in [0.2, 0.25) is 5.02 Å². The number of hydrogen-bond acceptors (Lipinski definition) is 4. The van der Waals surface area contributed by atoms with Gasteiger partial charge in [-0.05, 0) is 31.2 Å². The van der Waals surface area contributed by atoms with Gasteiger partial charge >= 0.3 is 0 Å². The van der Waals surface area contributed by atoms with Crippen LogP contribution < -0.4 is 5.32 Å². The number of nitro benzene ring substituents is 1. The number of aryl methyl sites for hydroxylation is 1. The van der Waals surface area contributed by atoms with Gasteiger partial charge in [0.25, 0.3) is 11.6 Å². The molecule has 0 saturated heterocycles. The lowest BCUT2D eigenvalue weighted by Crippen LogP contribution is -2.12. The SMILES string of the molecule is Cc1ccc(NC(=O)c2ccc([N+](=O)[O-])c(Cl)c2)cn1. The van der Waals surface area contributed by atoms with E-state index in [-0.39, 0.29) is 16.3 Å². The molecule has 7 heteroatoms. The van der Waals surface area contributed by atoms with E-state index in [1.54, 1.807) is 12.1 Å².